The fourth-order valence-electron chi connectivity index (χ4n) is 3.38. The standard InChI is InChI=1S/C18H19N3O.ClH/c1-11-8-15-14-9-13(22-2)5-6-16(14)21-18(15)17(20-11)12-4-3-7-19-10-12;/h3-7,9-11,17,20-21H,8H2,1-2H3;1H. The number of nitrogens with one attached hydrogen (secondary N) is 2. The molecule has 0 aliphatic carbocycles. The summed E-state index contributed by atoms with van der Waals surface area (Å²) in [4.78, 5) is 7.86. The van der Waals surface area contributed by atoms with Crippen LogP contribution in [0.4, 0.5) is 0 Å². The van der Waals surface area contributed by atoms with Crippen LogP contribution >= 0.6 is 12.4 Å². The van der Waals surface area contributed by atoms with Gasteiger partial charge in [0, 0.05) is 35.0 Å². The second-order valence-electron chi connectivity index (χ2n) is 5.92. The molecule has 2 unspecified atom stereocenters. The highest BCUT2D eigenvalue weighted by atomic mass is 35.5. The van der Waals surface area contributed by atoms with Gasteiger partial charge in [0.05, 0.1) is 13.2 Å². The molecule has 1 aromatic carbocycles. The summed E-state index contributed by atoms with van der Waals surface area (Å²) in [5.41, 5.74) is 4.98. The molecule has 0 bridgehead atoms. The van der Waals surface area contributed by atoms with Crippen molar-refractivity contribution in [3.8, 4) is 5.75 Å². The van der Waals surface area contributed by atoms with Crippen molar-refractivity contribution in [2.24, 2.45) is 0 Å². The number of hydrogen-bond donors (Lipinski definition) is 2. The Labute approximate surface area is 141 Å². The van der Waals surface area contributed by atoms with Gasteiger partial charge in [-0.25, -0.2) is 0 Å². The average molecular weight is 330 g/mol. The lowest BCUT2D eigenvalue weighted by molar-refractivity contribution is 0.415. The Morgan fingerprint density at radius 3 is 2.87 bits per heavy atom. The summed E-state index contributed by atoms with van der Waals surface area (Å²) >= 11 is 0. The van der Waals surface area contributed by atoms with E-state index in [-0.39, 0.29) is 18.4 Å². The number of H-pyrrole nitrogens is 1. The highest BCUT2D eigenvalue weighted by molar-refractivity contribution is 5.87. The van der Waals surface area contributed by atoms with Crippen LogP contribution < -0.4 is 10.1 Å². The third kappa shape index (κ3) is 2.69. The first-order valence-corrected chi connectivity index (χ1v) is 7.60. The number of hydrogen-bond acceptors (Lipinski definition) is 3. The first-order chi connectivity index (χ1) is 10.8. The summed E-state index contributed by atoms with van der Waals surface area (Å²) in [6, 6.07) is 10.9. The van der Waals surface area contributed by atoms with Crippen LogP contribution in [0.1, 0.15) is 29.8 Å². The molecule has 5 heteroatoms. The Kier molecular flexibility index (Phi) is 4.28. The molecule has 0 saturated carbocycles. The topological polar surface area (TPSA) is 49.9 Å². The lowest BCUT2D eigenvalue weighted by Crippen LogP contribution is -2.37. The van der Waals surface area contributed by atoms with Crippen LogP contribution in [0, 0.1) is 0 Å². The van der Waals surface area contributed by atoms with E-state index >= 15 is 0 Å². The predicted octanol–water partition coefficient (Wildman–Crippen LogP) is 3.62. The van der Waals surface area contributed by atoms with Crippen LogP contribution in [-0.2, 0) is 6.42 Å². The minimum absolute atomic E-state index is 0. The summed E-state index contributed by atoms with van der Waals surface area (Å²) in [6.07, 6.45) is 4.76. The van der Waals surface area contributed by atoms with E-state index in [4.69, 9.17) is 4.74 Å². The summed E-state index contributed by atoms with van der Waals surface area (Å²) in [5.74, 6) is 0.901. The monoisotopic (exact) mass is 329 g/mol. The van der Waals surface area contributed by atoms with E-state index in [9.17, 15) is 0 Å². The molecule has 2 N–H and O–H groups in total. The number of fused-ring (bicyclic) bond motifs is 3. The number of nitrogens with zero attached hydrogens (tertiary/aromatic N) is 1. The van der Waals surface area contributed by atoms with Gasteiger partial charge in [0.2, 0.25) is 0 Å². The molecule has 23 heavy (non-hydrogen) atoms. The fraction of sp³-hybridized carbons (Fsp3) is 0.278. The van der Waals surface area contributed by atoms with Crippen LogP contribution in [0.2, 0.25) is 0 Å². The number of aromatic amines is 1. The van der Waals surface area contributed by atoms with Gasteiger partial charge in [-0.05, 0) is 48.7 Å². The molecule has 2 aromatic heterocycles. The van der Waals surface area contributed by atoms with Crippen molar-refractivity contribution in [3.05, 3.63) is 59.5 Å². The van der Waals surface area contributed by atoms with E-state index in [1.807, 2.05) is 24.5 Å². The van der Waals surface area contributed by atoms with Gasteiger partial charge < -0.3 is 15.0 Å². The molecule has 0 saturated heterocycles. The van der Waals surface area contributed by atoms with Crippen molar-refractivity contribution in [2.45, 2.75) is 25.4 Å². The van der Waals surface area contributed by atoms with E-state index in [1.165, 1.54) is 22.2 Å². The first kappa shape index (κ1) is 15.8. The maximum Gasteiger partial charge on any atom is 0.119 e. The number of benzene rings is 1. The molecule has 1 aliphatic rings. The van der Waals surface area contributed by atoms with Gasteiger partial charge in [0.15, 0.2) is 0 Å². The Bertz CT molecular complexity index is 816. The zero-order chi connectivity index (χ0) is 15.1. The van der Waals surface area contributed by atoms with E-state index in [1.54, 1.807) is 7.11 Å². The lowest BCUT2D eigenvalue weighted by Gasteiger charge is -2.29. The van der Waals surface area contributed by atoms with Crippen molar-refractivity contribution in [1.29, 1.82) is 0 Å². The van der Waals surface area contributed by atoms with E-state index in [0.29, 0.717) is 6.04 Å². The molecule has 4 nitrogen and oxygen atoms in total. The van der Waals surface area contributed by atoms with Gasteiger partial charge >= 0.3 is 0 Å². The van der Waals surface area contributed by atoms with Crippen LogP contribution in [0.5, 0.6) is 5.75 Å². The SMILES string of the molecule is COc1ccc2[nH]c3c(c2c1)CC(C)NC3c1cccnc1.Cl. The zero-order valence-electron chi connectivity index (χ0n) is 13.2. The summed E-state index contributed by atoms with van der Waals surface area (Å²) < 4.78 is 5.38. The number of rotatable bonds is 2. The molecular weight excluding hydrogens is 310 g/mol. The number of ether oxygens (including phenoxy) is 1. The predicted molar refractivity (Wildman–Crippen MR) is 94.5 cm³/mol. The molecule has 120 valence electrons. The van der Waals surface area contributed by atoms with Crippen molar-refractivity contribution in [2.75, 3.05) is 7.11 Å². The molecule has 0 fully saturated rings. The maximum absolute atomic E-state index is 5.38. The normalized spacial score (nSPS) is 19.9. The summed E-state index contributed by atoms with van der Waals surface area (Å²) in [5, 5.41) is 4.94. The number of methoxy groups -OCH3 is 1. The quantitative estimate of drug-likeness (QED) is 0.755. The third-order valence-corrected chi connectivity index (χ3v) is 4.41. The van der Waals surface area contributed by atoms with Crippen LogP contribution in [0.25, 0.3) is 10.9 Å². The summed E-state index contributed by atoms with van der Waals surface area (Å²) in [6.45, 7) is 2.23. The first-order valence-electron chi connectivity index (χ1n) is 7.60. The van der Waals surface area contributed by atoms with Crippen LogP contribution in [0.3, 0.4) is 0 Å². The van der Waals surface area contributed by atoms with Gasteiger partial charge in [-0.15, -0.1) is 12.4 Å². The molecule has 3 heterocycles. The lowest BCUT2D eigenvalue weighted by atomic mass is 9.91. The largest absolute Gasteiger partial charge is 0.497 e. The van der Waals surface area contributed by atoms with E-state index in [0.717, 1.165) is 17.7 Å². The fourth-order valence-corrected chi connectivity index (χ4v) is 3.38. The molecule has 2 atom stereocenters. The van der Waals surface area contributed by atoms with Crippen molar-refractivity contribution >= 4 is 23.3 Å². The van der Waals surface area contributed by atoms with E-state index < -0.39 is 0 Å². The molecule has 1 aliphatic heterocycles. The second-order valence-corrected chi connectivity index (χ2v) is 5.92. The molecule has 4 rings (SSSR count). The highest BCUT2D eigenvalue weighted by Crippen LogP contribution is 2.36. The van der Waals surface area contributed by atoms with Gasteiger partial charge in [0.25, 0.3) is 0 Å². The maximum atomic E-state index is 5.38. The Morgan fingerprint density at radius 2 is 2.13 bits per heavy atom. The minimum atomic E-state index is 0. The average Bonchev–Trinajstić information content (AvgIpc) is 2.92. The van der Waals surface area contributed by atoms with Gasteiger partial charge in [-0.2, -0.15) is 0 Å². The molecule has 0 spiro atoms. The second kappa shape index (κ2) is 6.22. The Hall–Kier alpha value is -2.04. The molecule has 0 amide bonds. The molecule has 0 radical (unpaired) electrons. The highest BCUT2D eigenvalue weighted by Gasteiger charge is 2.28. The number of aromatic nitrogens is 2. The smallest absolute Gasteiger partial charge is 0.119 e. The zero-order valence-corrected chi connectivity index (χ0v) is 14.0. The molecular formula is C18H20ClN3O. The number of pyridine rings is 1. The summed E-state index contributed by atoms with van der Waals surface area (Å²) in [7, 11) is 1.71. The Morgan fingerprint density at radius 1 is 1.26 bits per heavy atom. The van der Waals surface area contributed by atoms with Crippen molar-refractivity contribution in [1.82, 2.24) is 15.3 Å². The van der Waals surface area contributed by atoms with Gasteiger partial charge in [0.1, 0.15) is 5.75 Å². The Balaban J connectivity index is 0.00000156. The van der Waals surface area contributed by atoms with Gasteiger partial charge in [-0.3, -0.25) is 4.98 Å². The van der Waals surface area contributed by atoms with Crippen molar-refractivity contribution in [3.63, 3.8) is 0 Å². The minimum Gasteiger partial charge on any atom is -0.497 e. The van der Waals surface area contributed by atoms with E-state index in [2.05, 4.69) is 40.4 Å². The molecule has 3 aromatic rings. The van der Waals surface area contributed by atoms with Gasteiger partial charge in [-0.1, -0.05) is 6.07 Å². The van der Waals surface area contributed by atoms with Crippen molar-refractivity contribution < 1.29 is 4.74 Å². The number of halogens is 1. The van der Waals surface area contributed by atoms with Crippen LogP contribution in [0.15, 0.2) is 42.7 Å². The third-order valence-electron chi connectivity index (χ3n) is 4.41. The van der Waals surface area contributed by atoms with Crippen LogP contribution in [-0.4, -0.2) is 23.1 Å².